The van der Waals surface area contributed by atoms with Crippen LogP contribution in [0.1, 0.15) is 29.1 Å². The zero-order valence-electron chi connectivity index (χ0n) is 11.3. The normalized spacial score (nSPS) is 12.0. The van der Waals surface area contributed by atoms with E-state index in [0.717, 1.165) is 12.1 Å². The molecule has 0 saturated carbocycles. The Kier molecular flexibility index (Phi) is 3.92. The Bertz CT molecular complexity index is 700. The number of benzene rings is 1. The van der Waals surface area contributed by atoms with E-state index in [-0.39, 0.29) is 5.56 Å². The first-order valence-corrected chi connectivity index (χ1v) is 5.99. The summed E-state index contributed by atoms with van der Waals surface area (Å²) in [5.41, 5.74) is -0.681. The number of carbonyl (C=O) groups is 1. The summed E-state index contributed by atoms with van der Waals surface area (Å²) < 4.78 is 15.1. The van der Waals surface area contributed by atoms with Gasteiger partial charge in [-0.3, -0.25) is 14.9 Å². The standard InChI is InChI=1S/C12H12FN5O3/c1-7(11-16-14-6-17(11)2)15-12(19)8-3-4-10(18(20)21)9(13)5-8/h3-7H,1-2H3,(H,15,19). The summed E-state index contributed by atoms with van der Waals surface area (Å²) in [6, 6.07) is 2.54. The molecule has 1 aromatic heterocycles. The summed E-state index contributed by atoms with van der Waals surface area (Å²) in [7, 11) is 1.73. The average Bonchev–Trinajstić information content (AvgIpc) is 2.84. The Hall–Kier alpha value is -2.84. The molecular weight excluding hydrogens is 281 g/mol. The number of nitro groups is 1. The van der Waals surface area contributed by atoms with Crippen molar-refractivity contribution in [1.82, 2.24) is 20.1 Å². The Morgan fingerprint density at radius 3 is 2.76 bits per heavy atom. The van der Waals surface area contributed by atoms with Crippen molar-refractivity contribution in [3.8, 4) is 0 Å². The lowest BCUT2D eigenvalue weighted by molar-refractivity contribution is -0.387. The molecule has 0 aliphatic heterocycles. The number of hydrogen-bond acceptors (Lipinski definition) is 5. The van der Waals surface area contributed by atoms with Gasteiger partial charge in [0, 0.05) is 18.7 Å². The molecule has 1 heterocycles. The molecule has 1 unspecified atom stereocenters. The van der Waals surface area contributed by atoms with Gasteiger partial charge in [0.1, 0.15) is 6.33 Å². The van der Waals surface area contributed by atoms with Crippen LogP contribution in [-0.2, 0) is 7.05 Å². The lowest BCUT2D eigenvalue weighted by atomic mass is 10.1. The molecule has 1 N–H and O–H groups in total. The summed E-state index contributed by atoms with van der Waals surface area (Å²) in [4.78, 5) is 21.7. The van der Waals surface area contributed by atoms with E-state index in [1.807, 2.05) is 0 Å². The number of nitro benzene ring substituents is 1. The number of nitrogens with one attached hydrogen (secondary N) is 1. The molecule has 0 fully saturated rings. The van der Waals surface area contributed by atoms with Gasteiger partial charge in [-0.25, -0.2) is 0 Å². The number of aromatic nitrogens is 3. The fraction of sp³-hybridized carbons (Fsp3) is 0.250. The van der Waals surface area contributed by atoms with Crippen molar-refractivity contribution in [2.45, 2.75) is 13.0 Å². The molecule has 0 saturated heterocycles. The predicted molar refractivity (Wildman–Crippen MR) is 69.9 cm³/mol. The van der Waals surface area contributed by atoms with Gasteiger partial charge in [0.05, 0.1) is 11.0 Å². The zero-order chi connectivity index (χ0) is 15.6. The minimum Gasteiger partial charge on any atom is -0.342 e. The van der Waals surface area contributed by atoms with Gasteiger partial charge < -0.3 is 9.88 Å². The van der Waals surface area contributed by atoms with Crippen molar-refractivity contribution in [2.75, 3.05) is 0 Å². The van der Waals surface area contributed by atoms with Crippen LogP contribution >= 0.6 is 0 Å². The molecule has 0 aliphatic rings. The van der Waals surface area contributed by atoms with Gasteiger partial charge in [-0.1, -0.05) is 0 Å². The molecule has 0 spiro atoms. The van der Waals surface area contributed by atoms with Gasteiger partial charge in [-0.05, 0) is 19.1 Å². The topological polar surface area (TPSA) is 103 Å². The second-order valence-electron chi connectivity index (χ2n) is 4.42. The fourth-order valence-electron chi connectivity index (χ4n) is 1.82. The number of hydrogen-bond donors (Lipinski definition) is 1. The number of halogens is 1. The summed E-state index contributed by atoms with van der Waals surface area (Å²) in [6.45, 7) is 1.70. The zero-order valence-corrected chi connectivity index (χ0v) is 11.3. The number of rotatable bonds is 4. The lowest BCUT2D eigenvalue weighted by Crippen LogP contribution is -2.28. The highest BCUT2D eigenvalue weighted by Crippen LogP contribution is 2.18. The Balaban J connectivity index is 2.16. The van der Waals surface area contributed by atoms with Crippen LogP contribution in [0, 0.1) is 15.9 Å². The summed E-state index contributed by atoms with van der Waals surface area (Å²) in [6.07, 6.45) is 1.49. The molecule has 1 aromatic carbocycles. The first-order valence-electron chi connectivity index (χ1n) is 5.99. The van der Waals surface area contributed by atoms with Gasteiger partial charge in [0.2, 0.25) is 5.82 Å². The van der Waals surface area contributed by atoms with E-state index in [2.05, 4.69) is 15.5 Å². The molecule has 21 heavy (non-hydrogen) atoms. The predicted octanol–water partition coefficient (Wildman–Crippen LogP) is 1.35. The van der Waals surface area contributed by atoms with Crippen molar-refractivity contribution >= 4 is 11.6 Å². The van der Waals surface area contributed by atoms with Gasteiger partial charge in [-0.15, -0.1) is 10.2 Å². The summed E-state index contributed by atoms with van der Waals surface area (Å²) in [5, 5.41) is 20.7. The van der Waals surface area contributed by atoms with Crippen LogP contribution in [0.4, 0.5) is 10.1 Å². The van der Waals surface area contributed by atoms with Crippen LogP contribution in [-0.4, -0.2) is 25.6 Å². The van der Waals surface area contributed by atoms with Gasteiger partial charge in [0.15, 0.2) is 5.82 Å². The second-order valence-corrected chi connectivity index (χ2v) is 4.42. The largest absolute Gasteiger partial charge is 0.342 e. The van der Waals surface area contributed by atoms with E-state index >= 15 is 0 Å². The first kappa shape index (κ1) is 14.6. The quantitative estimate of drug-likeness (QED) is 0.677. The van der Waals surface area contributed by atoms with Crippen LogP contribution in [0.5, 0.6) is 0 Å². The molecule has 8 nitrogen and oxygen atoms in total. The van der Waals surface area contributed by atoms with E-state index in [4.69, 9.17) is 0 Å². The molecule has 2 aromatic rings. The third kappa shape index (κ3) is 3.02. The lowest BCUT2D eigenvalue weighted by Gasteiger charge is -2.12. The van der Waals surface area contributed by atoms with Crippen molar-refractivity contribution in [1.29, 1.82) is 0 Å². The van der Waals surface area contributed by atoms with Crippen molar-refractivity contribution < 1.29 is 14.1 Å². The Morgan fingerprint density at radius 1 is 1.52 bits per heavy atom. The van der Waals surface area contributed by atoms with Crippen molar-refractivity contribution in [2.24, 2.45) is 7.05 Å². The molecule has 0 bridgehead atoms. The van der Waals surface area contributed by atoms with Crippen LogP contribution < -0.4 is 5.32 Å². The Morgan fingerprint density at radius 2 is 2.24 bits per heavy atom. The molecule has 110 valence electrons. The third-order valence-electron chi connectivity index (χ3n) is 2.89. The molecule has 2 rings (SSSR count). The minimum atomic E-state index is -1.06. The number of nitrogens with zero attached hydrogens (tertiary/aromatic N) is 4. The van der Waals surface area contributed by atoms with Crippen LogP contribution in [0.2, 0.25) is 0 Å². The molecular formula is C12H12FN5O3. The smallest absolute Gasteiger partial charge is 0.304 e. The highest BCUT2D eigenvalue weighted by molar-refractivity contribution is 5.94. The van der Waals surface area contributed by atoms with Gasteiger partial charge >= 0.3 is 5.69 Å². The van der Waals surface area contributed by atoms with E-state index < -0.39 is 28.4 Å². The second kappa shape index (κ2) is 5.65. The maximum atomic E-state index is 13.5. The van der Waals surface area contributed by atoms with Crippen LogP contribution in [0.25, 0.3) is 0 Å². The fourth-order valence-corrected chi connectivity index (χ4v) is 1.82. The molecule has 1 atom stereocenters. The molecule has 1 amide bonds. The van der Waals surface area contributed by atoms with E-state index in [1.165, 1.54) is 12.4 Å². The molecule has 0 aliphatic carbocycles. The number of carbonyl (C=O) groups excluding carboxylic acids is 1. The van der Waals surface area contributed by atoms with Crippen LogP contribution in [0.3, 0.4) is 0 Å². The first-order chi connectivity index (χ1) is 9.90. The minimum absolute atomic E-state index is 0.00730. The highest BCUT2D eigenvalue weighted by atomic mass is 19.1. The highest BCUT2D eigenvalue weighted by Gasteiger charge is 2.19. The Labute approximate surface area is 118 Å². The summed E-state index contributed by atoms with van der Waals surface area (Å²) in [5.74, 6) is -1.08. The average molecular weight is 293 g/mol. The van der Waals surface area contributed by atoms with Gasteiger partial charge in [-0.2, -0.15) is 4.39 Å². The van der Waals surface area contributed by atoms with Gasteiger partial charge in [0.25, 0.3) is 5.91 Å². The maximum Gasteiger partial charge on any atom is 0.304 e. The van der Waals surface area contributed by atoms with Crippen molar-refractivity contribution in [3.63, 3.8) is 0 Å². The number of aryl methyl sites for hydroxylation is 1. The van der Waals surface area contributed by atoms with E-state index in [1.54, 1.807) is 18.5 Å². The van der Waals surface area contributed by atoms with E-state index in [9.17, 15) is 19.3 Å². The van der Waals surface area contributed by atoms with E-state index in [0.29, 0.717) is 5.82 Å². The summed E-state index contributed by atoms with van der Waals surface area (Å²) >= 11 is 0. The number of amides is 1. The molecule has 9 heteroatoms. The van der Waals surface area contributed by atoms with Crippen molar-refractivity contribution in [3.05, 3.63) is 51.8 Å². The molecule has 0 radical (unpaired) electrons. The maximum absolute atomic E-state index is 13.5. The monoisotopic (exact) mass is 293 g/mol. The van der Waals surface area contributed by atoms with Crippen LogP contribution in [0.15, 0.2) is 24.5 Å². The SMILES string of the molecule is CC(NC(=O)c1ccc([N+](=O)[O-])c(F)c1)c1nncn1C. The third-order valence-corrected chi connectivity index (χ3v) is 2.89.